The lowest BCUT2D eigenvalue weighted by Crippen LogP contribution is -2.17. The Hall–Kier alpha value is -4.24. The minimum atomic E-state index is -3.32. The molecule has 9 heteroatoms. The number of carbonyl (C=O) groups excluding carboxylic acids is 2. The molecule has 0 unspecified atom stereocenters. The van der Waals surface area contributed by atoms with Crippen molar-refractivity contribution in [1.82, 2.24) is 9.78 Å². The average Bonchev–Trinajstić information content (AvgIpc) is 3.36. The van der Waals surface area contributed by atoms with Gasteiger partial charge in [0, 0.05) is 22.3 Å². The molecule has 2 heterocycles. The smallest absolute Gasteiger partial charge is 0.256 e. The van der Waals surface area contributed by atoms with Crippen LogP contribution in [0.5, 0.6) is 5.75 Å². The van der Waals surface area contributed by atoms with Crippen molar-refractivity contribution in [2.45, 2.75) is 11.5 Å². The first kappa shape index (κ1) is 22.5. The predicted molar refractivity (Wildman–Crippen MR) is 131 cm³/mol. The van der Waals surface area contributed by atoms with E-state index in [1.54, 1.807) is 79.9 Å². The number of nitrogens with one attached hydrogen (secondary N) is 1. The fourth-order valence-electron chi connectivity index (χ4n) is 3.99. The van der Waals surface area contributed by atoms with Gasteiger partial charge in [-0.3, -0.25) is 9.59 Å². The molecule has 1 aromatic heterocycles. The second kappa shape index (κ2) is 8.84. The number of fused-ring (bicyclic) bond motifs is 1. The number of hydrogen-bond acceptors (Lipinski definition) is 6. The molecular formula is C26H21N3O5S. The van der Waals surface area contributed by atoms with E-state index in [4.69, 9.17) is 4.74 Å². The van der Waals surface area contributed by atoms with Crippen LogP contribution in [0.25, 0.3) is 5.69 Å². The molecule has 1 N–H and O–H groups in total. The summed E-state index contributed by atoms with van der Waals surface area (Å²) in [6.45, 7) is 0. The Morgan fingerprint density at radius 1 is 0.857 bits per heavy atom. The van der Waals surface area contributed by atoms with Crippen LogP contribution in [0, 0.1) is 0 Å². The molecule has 0 spiro atoms. The third-order valence-electron chi connectivity index (χ3n) is 5.78. The number of ketones is 1. The number of amides is 1. The van der Waals surface area contributed by atoms with E-state index in [9.17, 15) is 18.0 Å². The van der Waals surface area contributed by atoms with E-state index in [2.05, 4.69) is 10.4 Å². The van der Waals surface area contributed by atoms with Crippen molar-refractivity contribution in [3.05, 3.63) is 107 Å². The lowest BCUT2D eigenvalue weighted by atomic mass is 10.0. The number of hydrogen-bond donors (Lipinski definition) is 1. The van der Waals surface area contributed by atoms with Crippen LogP contribution in [-0.4, -0.2) is 37.0 Å². The summed E-state index contributed by atoms with van der Waals surface area (Å²) in [6, 6.07) is 22.3. The van der Waals surface area contributed by atoms with Gasteiger partial charge in [0.1, 0.15) is 11.6 Å². The Morgan fingerprint density at radius 3 is 2.14 bits per heavy atom. The van der Waals surface area contributed by atoms with Crippen molar-refractivity contribution in [3.63, 3.8) is 0 Å². The molecule has 3 aromatic carbocycles. The predicted octanol–water partition coefficient (Wildman–Crippen LogP) is 3.79. The summed E-state index contributed by atoms with van der Waals surface area (Å²) in [6.07, 6.45) is 0. The monoisotopic (exact) mass is 487 g/mol. The normalized spacial score (nSPS) is 13.7. The van der Waals surface area contributed by atoms with Crippen molar-refractivity contribution in [1.29, 1.82) is 0 Å². The highest BCUT2D eigenvalue weighted by Gasteiger charge is 2.33. The topological polar surface area (TPSA) is 107 Å². The molecule has 35 heavy (non-hydrogen) atoms. The van der Waals surface area contributed by atoms with Crippen LogP contribution in [0.4, 0.5) is 5.82 Å². The number of benzene rings is 3. The molecule has 0 saturated heterocycles. The first-order valence-electron chi connectivity index (χ1n) is 10.8. The van der Waals surface area contributed by atoms with Crippen molar-refractivity contribution in [3.8, 4) is 11.4 Å². The standard InChI is InChI=1S/C26H21N3O5S/c1-34-21-13-11-20(12-14-21)29-25(22-15-35(32,33)16-23(22)28-29)27-26(31)19-9-7-18(8-10-19)24(30)17-5-3-2-4-6-17/h2-14H,15-16H2,1H3,(H,27,31). The zero-order valence-electron chi connectivity index (χ0n) is 18.8. The number of rotatable bonds is 6. The van der Waals surface area contributed by atoms with Gasteiger partial charge in [-0.2, -0.15) is 5.10 Å². The van der Waals surface area contributed by atoms with Gasteiger partial charge in [-0.15, -0.1) is 0 Å². The molecule has 176 valence electrons. The lowest BCUT2D eigenvalue weighted by Gasteiger charge is -2.12. The highest BCUT2D eigenvalue weighted by atomic mass is 32.2. The van der Waals surface area contributed by atoms with E-state index in [-0.39, 0.29) is 17.3 Å². The highest BCUT2D eigenvalue weighted by molar-refractivity contribution is 7.90. The maximum atomic E-state index is 13.1. The number of aromatic nitrogens is 2. The molecule has 0 atom stereocenters. The van der Waals surface area contributed by atoms with E-state index < -0.39 is 15.7 Å². The Bertz CT molecular complexity index is 1520. The van der Waals surface area contributed by atoms with Crippen LogP contribution < -0.4 is 10.1 Å². The van der Waals surface area contributed by atoms with Gasteiger partial charge in [-0.25, -0.2) is 13.1 Å². The minimum Gasteiger partial charge on any atom is -0.497 e. The number of anilines is 1. The molecule has 0 saturated carbocycles. The van der Waals surface area contributed by atoms with Crippen LogP contribution in [0.15, 0.2) is 78.9 Å². The van der Waals surface area contributed by atoms with Crippen LogP contribution in [0.3, 0.4) is 0 Å². The third kappa shape index (κ3) is 4.45. The number of sulfone groups is 1. The number of carbonyl (C=O) groups is 2. The summed E-state index contributed by atoms with van der Waals surface area (Å²) >= 11 is 0. The van der Waals surface area contributed by atoms with Gasteiger partial charge in [0.15, 0.2) is 15.6 Å². The first-order valence-corrected chi connectivity index (χ1v) is 12.6. The number of ether oxygens (including phenoxy) is 1. The van der Waals surface area contributed by atoms with Gasteiger partial charge < -0.3 is 10.1 Å². The van der Waals surface area contributed by atoms with Crippen LogP contribution >= 0.6 is 0 Å². The van der Waals surface area contributed by atoms with Gasteiger partial charge in [0.2, 0.25) is 0 Å². The van der Waals surface area contributed by atoms with Gasteiger partial charge in [-0.05, 0) is 36.4 Å². The summed E-state index contributed by atoms with van der Waals surface area (Å²) in [7, 11) is -1.76. The molecule has 1 aliphatic rings. The number of nitrogens with zero attached hydrogens (tertiary/aromatic N) is 2. The third-order valence-corrected chi connectivity index (χ3v) is 7.22. The quantitative estimate of drug-likeness (QED) is 0.415. The zero-order chi connectivity index (χ0) is 24.6. The molecule has 1 amide bonds. The van der Waals surface area contributed by atoms with Crippen molar-refractivity contribution >= 4 is 27.3 Å². The molecule has 0 fully saturated rings. The Morgan fingerprint density at radius 2 is 1.49 bits per heavy atom. The van der Waals surface area contributed by atoms with Gasteiger partial charge >= 0.3 is 0 Å². The Labute approximate surface area is 202 Å². The molecule has 0 aliphatic carbocycles. The van der Waals surface area contributed by atoms with E-state index in [1.165, 1.54) is 4.68 Å². The number of methoxy groups -OCH3 is 1. The van der Waals surface area contributed by atoms with Crippen LogP contribution in [0.2, 0.25) is 0 Å². The maximum Gasteiger partial charge on any atom is 0.256 e. The lowest BCUT2D eigenvalue weighted by molar-refractivity contribution is 0.101. The van der Waals surface area contributed by atoms with Crippen molar-refractivity contribution in [2.75, 3.05) is 12.4 Å². The summed E-state index contributed by atoms with van der Waals surface area (Å²) in [5.41, 5.74) is 2.89. The van der Waals surface area contributed by atoms with E-state index >= 15 is 0 Å². The van der Waals surface area contributed by atoms with Crippen molar-refractivity contribution in [2.24, 2.45) is 0 Å². The van der Waals surface area contributed by atoms with Crippen LogP contribution in [0.1, 0.15) is 37.5 Å². The fraction of sp³-hybridized carbons (Fsp3) is 0.115. The first-order chi connectivity index (χ1) is 16.8. The summed E-state index contributed by atoms with van der Waals surface area (Å²) in [5.74, 6) is 0.0135. The molecule has 5 rings (SSSR count). The summed E-state index contributed by atoms with van der Waals surface area (Å²) in [5, 5.41) is 7.30. The second-order valence-electron chi connectivity index (χ2n) is 8.14. The highest BCUT2D eigenvalue weighted by Crippen LogP contribution is 2.33. The minimum absolute atomic E-state index is 0.141. The molecule has 0 radical (unpaired) electrons. The Kier molecular flexibility index (Phi) is 5.70. The molecule has 8 nitrogen and oxygen atoms in total. The summed E-state index contributed by atoms with van der Waals surface area (Å²) < 4.78 is 31.1. The van der Waals surface area contributed by atoms with Crippen LogP contribution in [-0.2, 0) is 21.3 Å². The second-order valence-corrected chi connectivity index (χ2v) is 10.2. The molecule has 0 bridgehead atoms. The average molecular weight is 488 g/mol. The molecular weight excluding hydrogens is 466 g/mol. The zero-order valence-corrected chi connectivity index (χ0v) is 19.6. The fourth-order valence-corrected chi connectivity index (χ4v) is 5.48. The van der Waals surface area contributed by atoms with Crippen molar-refractivity contribution < 1.29 is 22.7 Å². The largest absolute Gasteiger partial charge is 0.497 e. The Balaban J connectivity index is 1.44. The molecule has 1 aliphatic heterocycles. The van der Waals surface area contributed by atoms with E-state index in [0.29, 0.717) is 45.2 Å². The maximum absolute atomic E-state index is 13.1. The van der Waals surface area contributed by atoms with Gasteiger partial charge in [0.05, 0.1) is 30.0 Å². The SMILES string of the molecule is COc1ccc(-n2nc3c(c2NC(=O)c2ccc(C(=O)c4ccccc4)cc2)CS(=O)(=O)C3)cc1. The van der Waals surface area contributed by atoms with Gasteiger partial charge in [0.25, 0.3) is 5.91 Å². The van der Waals surface area contributed by atoms with E-state index in [1.807, 2.05) is 6.07 Å². The van der Waals surface area contributed by atoms with Gasteiger partial charge in [-0.1, -0.05) is 42.5 Å². The summed E-state index contributed by atoms with van der Waals surface area (Å²) in [4.78, 5) is 25.7. The van der Waals surface area contributed by atoms with E-state index in [0.717, 1.165) is 0 Å². The molecule has 4 aromatic rings.